The zero-order valence-electron chi connectivity index (χ0n) is 10.8. The molecule has 0 N–H and O–H groups in total. The second-order valence-electron chi connectivity index (χ2n) is 4.61. The van der Waals surface area contributed by atoms with Crippen molar-refractivity contribution < 1.29 is 0 Å². The van der Waals surface area contributed by atoms with Gasteiger partial charge in [0, 0.05) is 11.2 Å². The molecule has 2 aliphatic rings. The summed E-state index contributed by atoms with van der Waals surface area (Å²) in [5.74, 6) is 0.575. The third kappa shape index (κ3) is 1.82. The summed E-state index contributed by atoms with van der Waals surface area (Å²) in [6.45, 7) is 0. The summed E-state index contributed by atoms with van der Waals surface area (Å²) in [5.41, 5.74) is 1.71. The molecule has 3 heterocycles. The molecule has 0 spiro atoms. The molecule has 5 nitrogen and oxygen atoms in total. The number of benzene rings is 1. The maximum absolute atomic E-state index is 12.3. The van der Waals surface area contributed by atoms with Gasteiger partial charge in [-0.3, -0.25) is 8.97 Å². The first-order valence-corrected chi connectivity index (χ1v) is 6.73. The Morgan fingerprint density at radius 3 is 2.86 bits per heavy atom. The Morgan fingerprint density at radius 1 is 1.10 bits per heavy atom. The molecule has 1 aromatic carbocycles. The summed E-state index contributed by atoms with van der Waals surface area (Å²) in [6, 6.07) is 12.7. The van der Waals surface area contributed by atoms with E-state index in [0.717, 1.165) is 5.65 Å². The van der Waals surface area contributed by atoms with Crippen LogP contribution in [0, 0.1) is 0 Å². The van der Waals surface area contributed by atoms with Crippen LogP contribution in [-0.4, -0.2) is 18.9 Å². The van der Waals surface area contributed by atoms with E-state index in [1.807, 2.05) is 30.5 Å². The summed E-state index contributed by atoms with van der Waals surface area (Å²) in [6.07, 6.45) is 3.49. The lowest BCUT2D eigenvalue weighted by Gasteiger charge is -2.08. The van der Waals surface area contributed by atoms with E-state index in [9.17, 15) is 4.79 Å². The lowest BCUT2D eigenvalue weighted by molar-refractivity contribution is 0.995. The zero-order chi connectivity index (χ0) is 14.4. The zero-order valence-corrected chi connectivity index (χ0v) is 11.5. The summed E-state index contributed by atoms with van der Waals surface area (Å²) in [7, 11) is 0. The van der Waals surface area contributed by atoms with Crippen LogP contribution in [0.25, 0.3) is 22.9 Å². The van der Waals surface area contributed by atoms with Gasteiger partial charge in [0.25, 0.3) is 0 Å². The van der Waals surface area contributed by atoms with Crippen molar-refractivity contribution in [3.63, 3.8) is 0 Å². The Bertz CT molecular complexity index is 988. The van der Waals surface area contributed by atoms with Crippen molar-refractivity contribution in [2.75, 3.05) is 0 Å². The molecule has 2 aromatic rings. The van der Waals surface area contributed by atoms with E-state index in [-0.39, 0.29) is 5.69 Å². The minimum Gasteiger partial charge on any atom is -0.284 e. The van der Waals surface area contributed by atoms with Gasteiger partial charge in [0.2, 0.25) is 0 Å². The maximum Gasteiger partial charge on any atom is 0.354 e. The lowest BCUT2D eigenvalue weighted by atomic mass is 10.3. The summed E-state index contributed by atoms with van der Waals surface area (Å²) < 4.78 is 3.30. The summed E-state index contributed by atoms with van der Waals surface area (Å²) >= 11 is 6.00. The Labute approximate surface area is 124 Å². The van der Waals surface area contributed by atoms with Gasteiger partial charge in [-0.05, 0) is 30.3 Å². The molecule has 0 saturated heterocycles. The fourth-order valence-corrected chi connectivity index (χ4v) is 2.59. The fourth-order valence-electron chi connectivity index (χ4n) is 2.40. The average molecular weight is 297 g/mol. The first-order valence-electron chi connectivity index (χ1n) is 6.35. The van der Waals surface area contributed by atoms with Gasteiger partial charge in [-0.1, -0.05) is 23.7 Å². The predicted molar refractivity (Wildman–Crippen MR) is 80.2 cm³/mol. The van der Waals surface area contributed by atoms with Gasteiger partial charge in [0.05, 0.1) is 11.9 Å². The Morgan fingerprint density at radius 2 is 2.00 bits per heavy atom. The number of aromatic nitrogens is 4. The van der Waals surface area contributed by atoms with Crippen molar-refractivity contribution in [1.82, 2.24) is 18.9 Å². The molecule has 4 rings (SSSR count). The number of halogens is 1. The highest BCUT2D eigenvalue weighted by atomic mass is 35.5. The van der Waals surface area contributed by atoms with Crippen LogP contribution < -0.4 is 5.69 Å². The van der Waals surface area contributed by atoms with Crippen LogP contribution in [0.1, 0.15) is 0 Å². The Kier molecular flexibility index (Phi) is 2.55. The fraction of sp³-hybridized carbons (Fsp3) is 0. The van der Waals surface area contributed by atoms with Gasteiger partial charge in [-0.15, -0.1) is 0 Å². The monoisotopic (exact) mass is 296 g/mol. The van der Waals surface area contributed by atoms with E-state index in [4.69, 9.17) is 11.6 Å². The van der Waals surface area contributed by atoms with Crippen molar-refractivity contribution in [2.24, 2.45) is 0 Å². The minimum absolute atomic E-state index is 0.349. The molecule has 0 bridgehead atoms. The van der Waals surface area contributed by atoms with Crippen molar-refractivity contribution in [2.45, 2.75) is 0 Å². The number of pyridine rings is 1. The Balaban J connectivity index is 2.08. The SMILES string of the molecule is O=c1nc2n3ccccc3ncc-2n1-c1cccc(Cl)c1. The second kappa shape index (κ2) is 4.43. The van der Waals surface area contributed by atoms with Crippen LogP contribution in [0.15, 0.2) is 59.7 Å². The van der Waals surface area contributed by atoms with E-state index in [1.165, 1.54) is 4.57 Å². The van der Waals surface area contributed by atoms with Crippen molar-refractivity contribution in [1.29, 1.82) is 0 Å². The number of fused-ring (bicyclic) bond motifs is 3. The van der Waals surface area contributed by atoms with E-state index in [1.54, 1.807) is 28.8 Å². The smallest absolute Gasteiger partial charge is 0.284 e. The number of imidazole rings is 1. The molecule has 0 atom stereocenters. The molecule has 0 amide bonds. The van der Waals surface area contributed by atoms with Crippen molar-refractivity contribution >= 4 is 17.2 Å². The lowest BCUT2D eigenvalue weighted by Crippen LogP contribution is -2.14. The van der Waals surface area contributed by atoms with E-state index >= 15 is 0 Å². The van der Waals surface area contributed by atoms with Gasteiger partial charge >= 0.3 is 5.69 Å². The topological polar surface area (TPSA) is 52.2 Å². The number of hydrogen-bond donors (Lipinski definition) is 0. The van der Waals surface area contributed by atoms with E-state index < -0.39 is 0 Å². The molecule has 6 heteroatoms. The van der Waals surface area contributed by atoms with Crippen LogP contribution in [0.5, 0.6) is 0 Å². The standard InChI is InChI=1S/C15H9ClN4O/c16-10-4-3-5-11(8-10)20-12-9-17-13-6-1-2-7-19(13)14(12)18-15(20)21/h1-9H. The van der Waals surface area contributed by atoms with Gasteiger partial charge in [0.15, 0.2) is 5.82 Å². The molecular formula is C15H9ClN4O. The quantitative estimate of drug-likeness (QED) is 0.542. The largest absolute Gasteiger partial charge is 0.354 e. The highest BCUT2D eigenvalue weighted by Crippen LogP contribution is 2.23. The molecule has 1 aromatic heterocycles. The van der Waals surface area contributed by atoms with Gasteiger partial charge in [-0.2, -0.15) is 4.98 Å². The molecule has 0 unspecified atom stereocenters. The van der Waals surface area contributed by atoms with Crippen LogP contribution in [0.2, 0.25) is 5.02 Å². The highest BCUT2D eigenvalue weighted by Gasteiger charge is 2.18. The van der Waals surface area contributed by atoms with E-state index in [0.29, 0.717) is 22.2 Å². The van der Waals surface area contributed by atoms with Crippen LogP contribution in [0.4, 0.5) is 0 Å². The maximum atomic E-state index is 12.3. The van der Waals surface area contributed by atoms with Gasteiger partial charge in [0.1, 0.15) is 11.3 Å². The molecular weight excluding hydrogens is 288 g/mol. The summed E-state index contributed by atoms with van der Waals surface area (Å²) in [4.78, 5) is 20.8. The molecule has 2 aliphatic heterocycles. The minimum atomic E-state index is -0.349. The number of hydrogen-bond acceptors (Lipinski definition) is 3. The summed E-state index contributed by atoms with van der Waals surface area (Å²) in [5, 5.41) is 0.565. The van der Waals surface area contributed by atoms with E-state index in [2.05, 4.69) is 9.97 Å². The third-order valence-electron chi connectivity index (χ3n) is 3.31. The molecule has 21 heavy (non-hydrogen) atoms. The molecule has 0 aliphatic carbocycles. The Hall–Kier alpha value is -2.66. The van der Waals surface area contributed by atoms with Crippen LogP contribution in [0.3, 0.4) is 0 Å². The van der Waals surface area contributed by atoms with Gasteiger partial charge in [-0.25, -0.2) is 9.78 Å². The van der Waals surface area contributed by atoms with Crippen LogP contribution >= 0.6 is 11.6 Å². The first-order chi connectivity index (χ1) is 10.2. The van der Waals surface area contributed by atoms with Crippen molar-refractivity contribution in [3.8, 4) is 17.2 Å². The first kappa shape index (κ1) is 12.1. The molecule has 0 fully saturated rings. The highest BCUT2D eigenvalue weighted by molar-refractivity contribution is 6.30. The van der Waals surface area contributed by atoms with Crippen molar-refractivity contribution in [3.05, 3.63) is 70.4 Å². The second-order valence-corrected chi connectivity index (χ2v) is 5.04. The molecule has 0 radical (unpaired) electrons. The number of rotatable bonds is 1. The third-order valence-corrected chi connectivity index (χ3v) is 3.55. The number of nitrogens with zero attached hydrogens (tertiary/aromatic N) is 4. The van der Waals surface area contributed by atoms with Gasteiger partial charge < -0.3 is 0 Å². The average Bonchev–Trinajstić information content (AvgIpc) is 2.83. The predicted octanol–water partition coefficient (Wildman–Crippen LogP) is 2.64. The molecule has 0 saturated carbocycles. The molecule has 102 valence electrons. The normalized spacial score (nSPS) is 11.3. The van der Waals surface area contributed by atoms with Crippen LogP contribution in [-0.2, 0) is 0 Å².